The number of rotatable bonds is 4. The van der Waals surface area contributed by atoms with Crippen LogP contribution in [0.2, 0.25) is 0 Å². The standard InChI is InChI=1S/C12H23N3O3S/c16-12(15-8-11-3-1-2-5-13-11)14-7-10-4-6-19(17,18)9-10/h10-11,13H,1-9H2,(H2,14,15,16). The average molecular weight is 289 g/mol. The van der Waals surface area contributed by atoms with Gasteiger partial charge in [0.25, 0.3) is 0 Å². The van der Waals surface area contributed by atoms with Gasteiger partial charge in [0, 0.05) is 19.1 Å². The number of hydrogen-bond donors (Lipinski definition) is 3. The van der Waals surface area contributed by atoms with Crippen molar-refractivity contribution < 1.29 is 13.2 Å². The van der Waals surface area contributed by atoms with Gasteiger partial charge in [-0.3, -0.25) is 0 Å². The summed E-state index contributed by atoms with van der Waals surface area (Å²) in [5.41, 5.74) is 0. The number of hydrogen-bond acceptors (Lipinski definition) is 4. The van der Waals surface area contributed by atoms with Crippen molar-refractivity contribution in [3.8, 4) is 0 Å². The van der Waals surface area contributed by atoms with Gasteiger partial charge in [-0.05, 0) is 31.7 Å². The molecule has 0 saturated carbocycles. The van der Waals surface area contributed by atoms with Crippen LogP contribution in [0, 0.1) is 5.92 Å². The average Bonchev–Trinajstić information content (AvgIpc) is 2.75. The number of amides is 2. The number of nitrogens with one attached hydrogen (secondary N) is 3. The lowest BCUT2D eigenvalue weighted by molar-refractivity contribution is 0.237. The summed E-state index contributed by atoms with van der Waals surface area (Å²) in [6, 6.07) is 0.169. The Morgan fingerprint density at radius 3 is 2.58 bits per heavy atom. The fourth-order valence-electron chi connectivity index (χ4n) is 2.65. The van der Waals surface area contributed by atoms with Crippen molar-refractivity contribution in [1.82, 2.24) is 16.0 Å². The van der Waals surface area contributed by atoms with Crippen LogP contribution in [-0.2, 0) is 9.84 Å². The van der Waals surface area contributed by atoms with E-state index < -0.39 is 9.84 Å². The van der Waals surface area contributed by atoms with E-state index in [9.17, 15) is 13.2 Å². The molecule has 0 aromatic rings. The summed E-state index contributed by atoms with van der Waals surface area (Å²) in [5.74, 6) is 0.535. The van der Waals surface area contributed by atoms with E-state index in [4.69, 9.17) is 0 Å². The number of piperidine rings is 1. The molecule has 19 heavy (non-hydrogen) atoms. The third-order valence-corrected chi connectivity index (χ3v) is 5.64. The first-order valence-electron chi connectivity index (χ1n) is 7.01. The van der Waals surface area contributed by atoms with E-state index in [2.05, 4.69) is 16.0 Å². The van der Waals surface area contributed by atoms with Crippen molar-refractivity contribution in [2.24, 2.45) is 5.92 Å². The van der Waals surface area contributed by atoms with Gasteiger partial charge in [0.1, 0.15) is 0 Å². The molecule has 0 aliphatic carbocycles. The first-order valence-corrected chi connectivity index (χ1v) is 8.83. The lowest BCUT2D eigenvalue weighted by Gasteiger charge is -2.23. The molecule has 2 fully saturated rings. The molecular weight excluding hydrogens is 266 g/mol. The van der Waals surface area contributed by atoms with E-state index in [0.29, 0.717) is 25.6 Å². The molecule has 2 atom stereocenters. The zero-order valence-corrected chi connectivity index (χ0v) is 12.0. The minimum absolute atomic E-state index is 0.0727. The monoisotopic (exact) mass is 289 g/mol. The molecule has 0 spiro atoms. The summed E-state index contributed by atoms with van der Waals surface area (Å²) < 4.78 is 22.6. The first-order chi connectivity index (χ1) is 9.05. The normalized spacial score (nSPS) is 29.9. The maximum absolute atomic E-state index is 11.6. The van der Waals surface area contributed by atoms with Gasteiger partial charge in [-0.25, -0.2) is 13.2 Å². The summed E-state index contributed by atoms with van der Waals surface area (Å²) in [7, 11) is -2.85. The smallest absolute Gasteiger partial charge is 0.314 e. The van der Waals surface area contributed by atoms with Gasteiger partial charge in [-0.2, -0.15) is 0 Å². The van der Waals surface area contributed by atoms with Gasteiger partial charge < -0.3 is 16.0 Å². The minimum Gasteiger partial charge on any atom is -0.338 e. The second kappa shape index (κ2) is 6.56. The molecular formula is C12H23N3O3S. The van der Waals surface area contributed by atoms with Crippen molar-refractivity contribution in [2.75, 3.05) is 31.1 Å². The van der Waals surface area contributed by atoms with Crippen LogP contribution in [0.15, 0.2) is 0 Å². The number of carbonyl (C=O) groups is 1. The molecule has 2 amide bonds. The highest BCUT2D eigenvalue weighted by molar-refractivity contribution is 7.91. The molecule has 2 unspecified atom stereocenters. The summed E-state index contributed by atoms with van der Waals surface area (Å²) in [6.45, 7) is 2.10. The Bertz CT molecular complexity index is 404. The van der Waals surface area contributed by atoms with Gasteiger partial charge in [0.05, 0.1) is 11.5 Å². The van der Waals surface area contributed by atoms with E-state index in [1.165, 1.54) is 12.8 Å². The Labute approximate surface area is 114 Å². The van der Waals surface area contributed by atoms with Crippen LogP contribution in [0.1, 0.15) is 25.7 Å². The highest BCUT2D eigenvalue weighted by atomic mass is 32.2. The summed E-state index contributed by atoms with van der Waals surface area (Å²) in [5, 5.41) is 8.96. The van der Waals surface area contributed by atoms with Gasteiger partial charge in [-0.1, -0.05) is 6.42 Å². The fourth-order valence-corrected chi connectivity index (χ4v) is 4.51. The van der Waals surface area contributed by atoms with Crippen LogP contribution in [0.3, 0.4) is 0 Å². The quantitative estimate of drug-likeness (QED) is 0.672. The summed E-state index contributed by atoms with van der Waals surface area (Å²) in [4.78, 5) is 11.6. The molecule has 0 radical (unpaired) electrons. The van der Waals surface area contributed by atoms with Crippen LogP contribution < -0.4 is 16.0 Å². The van der Waals surface area contributed by atoms with Gasteiger partial charge in [0.15, 0.2) is 9.84 Å². The van der Waals surface area contributed by atoms with Crippen LogP contribution in [-0.4, -0.2) is 51.6 Å². The molecule has 2 aliphatic heterocycles. The molecule has 2 heterocycles. The van der Waals surface area contributed by atoms with Crippen molar-refractivity contribution in [2.45, 2.75) is 31.7 Å². The van der Waals surface area contributed by atoms with Crippen molar-refractivity contribution in [1.29, 1.82) is 0 Å². The Balaban J connectivity index is 1.59. The maximum Gasteiger partial charge on any atom is 0.314 e. The van der Waals surface area contributed by atoms with Gasteiger partial charge in [0.2, 0.25) is 0 Å². The van der Waals surface area contributed by atoms with E-state index in [1.807, 2.05) is 0 Å². The molecule has 2 saturated heterocycles. The summed E-state index contributed by atoms with van der Waals surface area (Å²) in [6.07, 6.45) is 4.17. The molecule has 110 valence electrons. The maximum atomic E-state index is 11.6. The molecule has 7 heteroatoms. The molecule has 2 aliphatic rings. The molecule has 3 N–H and O–H groups in total. The SMILES string of the molecule is O=C(NCC1CCS(=O)(=O)C1)NCC1CCCCN1. The van der Waals surface area contributed by atoms with E-state index >= 15 is 0 Å². The Hall–Kier alpha value is -0.820. The Morgan fingerprint density at radius 2 is 1.95 bits per heavy atom. The van der Waals surface area contributed by atoms with Crippen LogP contribution >= 0.6 is 0 Å². The molecule has 2 rings (SSSR count). The lowest BCUT2D eigenvalue weighted by atomic mass is 10.1. The largest absolute Gasteiger partial charge is 0.338 e. The van der Waals surface area contributed by atoms with E-state index in [1.54, 1.807) is 0 Å². The highest BCUT2D eigenvalue weighted by Gasteiger charge is 2.27. The predicted octanol–water partition coefficient (Wildman–Crippen LogP) is -0.138. The second-order valence-corrected chi connectivity index (χ2v) is 7.74. The van der Waals surface area contributed by atoms with Crippen molar-refractivity contribution in [3.05, 3.63) is 0 Å². The Morgan fingerprint density at radius 1 is 1.16 bits per heavy atom. The lowest BCUT2D eigenvalue weighted by Crippen LogP contribution is -2.47. The molecule has 0 aromatic heterocycles. The number of urea groups is 1. The minimum atomic E-state index is -2.85. The van der Waals surface area contributed by atoms with E-state index in [0.717, 1.165) is 13.0 Å². The van der Waals surface area contributed by atoms with Crippen LogP contribution in [0.4, 0.5) is 4.79 Å². The zero-order valence-electron chi connectivity index (χ0n) is 11.2. The second-order valence-electron chi connectivity index (χ2n) is 5.51. The Kier molecular flexibility index (Phi) is 5.04. The van der Waals surface area contributed by atoms with Crippen molar-refractivity contribution in [3.63, 3.8) is 0 Å². The predicted molar refractivity (Wildman–Crippen MR) is 73.8 cm³/mol. The molecule has 0 bridgehead atoms. The fraction of sp³-hybridized carbons (Fsp3) is 0.917. The van der Waals surface area contributed by atoms with Crippen molar-refractivity contribution >= 4 is 15.9 Å². The van der Waals surface area contributed by atoms with Gasteiger partial charge in [-0.15, -0.1) is 0 Å². The molecule has 0 aromatic carbocycles. The topological polar surface area (TPSA) is 87.3 Å². The number of carbonyl (C=O) groups excluding carboxylic acids is 1. The zero-order chi connectivity index (χ0) is 13.7. The van der Waals surface area contributed by atoms with Gasteiger partial charge >= 0.3 is 6.03 Å². The van der Waals surface area contributed by atoms with Crippen LogP contribution in [0.25, 0.3) is 0 Å². The third kappa shape index (κ3) is 4.99. The van der Waals surface area contributed by atoms with E-state index in [-0.39, 0.29) is 23.5 Å². The highest BCUT2D eigenvalue weighted by Crippen LogP contribution is 2.17. The molecule has 6 nitrogen and oxygen atoms in total. The number of sulfone groups is 1. The third-order valence-electron chi connectivity index (χ3n) is 3.80. The first kappa shape index (κ1) is 14.6. The van der Waals surface area contributed by atoms with Crippen LogP contribution in [0.5, 0.6) is 0 Å². The summed E-state index contributed by atoms with van der Waals surface area (Å²) >= 11 is 0.